The third-order valence-electron chi connectivity index (χ3n) is 2.90. The molecule has 0 atom stereocenters. The number of aromatic nitrogens is 4. The summed E-state index contributed by atoms with van der Waals surface area (Å²) in [6.07, 6.45) is 2.82. The van der Waals surface area contributed by atoms with Gasteiger partial charge in [-0.1, -0.05) is 5.21 Å². The molecule has 0 fully saturated rings. The van der Waals surface area contributed by atoms with E-state index in [9.17, 15) is 8.42 Å². The molecule has 0 spiro atoms. The van der Waals surface area contributed by atoms with Crippen LogP contribution in [0, 0.1) is 0 Å². The van der Waals surface area contributed by atoms with Gasteiger partial charge in [0.2, 0.25) is 5.89 Å². The lowest BCUT2D eigenvalue weighted by molar-refractivity contribution is 0.598. The number of hydrogen-bond acceptors (Lipinski definition) is 7. The van der Waals surface area contributed by atoms with Crippen LogP contribution in [0.15, 0.2) is 33.7 Å². The molecule has 2 heterocycles. The molecule has 2 aromatic heterocycles. The van der Waals surface area contributed by atoms with Crippen LogP contribution in [0.1, 0.15) is 0 Å². The molecule has 9 heteroatoms. The molecule has 21 heavy (non-hydrogen) atoms. The van der Waals surface area contributed by atoms with Gasteiger partial charge in [-0.05, 0) is 18.2 Å². The lowest BCUT2D eigenvalue weighted by Crippen LogP contribution is -2.10. The summed E-state index contributed by atoms with van der Waals surface area (Å²) in [5, 5.41) is 7.85. The second-order valence-electron chi connectivity index (χ2n) is 4.58. The molecule has 110 valence electrons. The maximum atomic E-state index is 11.5. The molecule has 0 saturated carbocycles. The molecular weight excluding hydrogens is 294 g/mol. The van der Waals surface area contributed by atoms with Gasteiger partial charge in [0.1, 0.15) is 5.52 Å². The van der Waals surface area contributed by atoms with Gasteiger partial charge in [0.05, 0.1) is 17.6 Å². The normalized spacial score (nSPS) is 12.1. The molecule has 0 bridgehead atoms. The second-order valence-corrected chi connectivity index (χ2v) is 6.59. The zero-order chi connectivity index (χ0) is 15.0. The molecular formula is C12H13N5O3S. The van der Waals surface area contributed by atoms with E-state index in [0.717, 1.165) is 6.26 Å². The van der Waals surface area contributed by atoms with Gasteiger partial charge in [0.15, 0.2) is 21.1 Å². The van der Waals surface area contributed by atoms with Gasteiger partial charge in [-0.3, -0.25) is 4.68 Å². The molecule has 2 N–H and O–H groups in total. The molecule has 0 radical (unpaired) electrons. The fourth-order valence-corrected chi connectivity index (χ4v) is 2.53. The van der Waals surface area contributed by atoms with E-state index in [1.54, 1.807) is 16.9 Å². The van der Waals surface area contributed by atoms with E-state index >= 15 is 0 Å². The molecule has 1 aromatic carbocycles. The van der Waals surface area contributed by atoms with Crippen LogP contribution >= 0.6 is 0 Å². The molecule has 3 aromatic rings. The molecule has 3 rings (SSSR count). The van der Waals surface area contributed by atoms with Crippen LogP contribution in [0.25, 0.3) is 22.7 Å². The number of rotatable bonds is 4. The number of hydrogen-bond donors (Lipinski definition) is 1. The molecule has 0 aliphatic carbocycles. The summed E-state index contributed by atoms with van der Waals surface area (Å²) < 4.78 is 30.2. The number of nitrogens with zero attached hydrogens (tertiary/aromatic N) is 4. The van der Waals surface area contributed by atoms with Gasteiger partial charge < -0.3 is 10.2 Å². The SMILES string of the molecule is CS(=O)(=O)c1ccc2oc(-c3cn(CCN)nn3)nc2c1. The van der Waals surface area contributed by atoms with Crippen LogP contribution in [0.3, 0.4) is 0 Å². The van der Waals surface area contributed by atoms with E-state index in [2.05, 4.69) is 15.3 Å². The van der Waals surface area contributed by atoms with Crippen molar-refractivity contribution in [1.29, 1.82) is 0 Å². The Hall–Kier alpha value is -2.26. The summed E-state index contributed by atoms with van der Waals surface area (Å²) in [4.78, 5) is 4.45. The number of fused-ring (bicyclic) bond motifs is 1. The average molecular weight is 307 g/mol. The van der Waals surface area contributed by atoms with Crippen molar-refractivity contribution in [3.8, 4) is 11.6 Å². The summed E-state index contributed by atoms with van der Waals surface area (Å²) in [6.45, 7) is 1.000. The van der Waals surface area contributed by atoms with Gasteiger partial charge in [-0.15, -0.1) is 5.10 Å². The second kappa shape index (κ2) is 4.93. The van der Waals surface area contributed by atoms with Gasteiger partial charge in [0.25, 0.3) is 0 Å². The Morgan fingerprint density at radius 3 is 2.90 bits per heavy atom. The first-order chi connectivity index (χ1) is 9.97. The monoisotopic (exact) mass is 307 g/mol. The van der Waals surface area contributed by atoms with E-state index < -0.39 is 9.84 Å². The van der Waals surface area contributed by atoms with Gasteiger partial charge in [-0.25, -0.2) is 13.4 Å². The van der Waals surface area contributed by atoms with Crippen LogP contribution in [0.5, 0.6) is 0 Å². The highest BCUT2D eigenvalue weighted by Crippen LogP contribution is 2.24. The van der Waals surface area contributed by atoms with Crippen LogP contribution in [-0.4, -0.2) is 41.2 Å². The summed E-state index contributed by atoms with van der Waals surface area (Å²) in [7, 11) is -3.28. The van der Waals surface area contributed by atoms with Crippen molar-refractivity contribution in [2.75, 3.05) is 12.8 Å². The fraction of sp³-hybridized carbons (Fsp3) is 0.250. The van der Waals surface area contributed by atoms with Crippen molar-refractivity contribution >= 4 is 20.9 Å². The van der Waals surface area contributed by atoms with E-state index in [1.165, 1.54) is 12.1 Å². The minimum atomic E-state index is -3.28. The maximum absolute atomic E-state index is 11.5. The first kappa shape index (κ1) is 13.7. The van der Waals surface area contributed by atoms with Crippen molar-refractivity contribution < 1.29 is 12.8 Å². The Labute approximate surface area is 120 Å². The van der Waals surface area contributed by atoms with Crippen molar-refractivity contribution in [3.63, 3.8) is 0 Å². The summed E-state index contributed by atoms with van der Waals surface area (Å²) in [5.74, 6) is 0.291. The lowest BCUT2D eigenvalue weighted by Gasteiger charge is -1.95. The summed E-state index contributed by atoms with van der Waals surface area (Å²) >= 11 is 0. The highest BCUT2D eigenvalue weighted by molar-refractivity contribution is 7.90. The zero-order valence-corrected chi connectivity index (χ0v) is 12.0. The zero-order valence-electron chi connectivity index (χ0n) is 11.2. The Morgan fingerprint density at radius 1 is 1.38 bits per heavy atom. The standard InChI is InChI=1S/C12H13N5O3S/c1-21(18,19)8-2-3-11-9(6-8)14-12(20-11)10-7-17(5-4-13)16-15-10/h2-3,6-7H,4-5,13H2,1H3. The van der Waals surface area contributed by atoms with Crippen molar-refractivity contribution in [2.45, 2.75) is 11.4 Å². The summed E-state index contributed by atoms with van der Waals surface area (Å²) in [6, 6.07) is 4.53. The molecule has 0 saturated heterocycles. The van der Waals surface area contributed by atoms with E-state index in [4.69, 9.17) is 10.2 Å². The quantitative estimate of drug-likeness (QED) is 0.743. The Bertz CT molecular complexity index is 897. The third-order valence-corrected chi connectivity index (χ3v) is 4.01. The van der Waals surface area contributed by atoms with E-state index in [0.29, 0.717) is 35.8 Å². The van der Waals surface area contributed by atoms with Crippen LogP contribution in [-0.2, 0) is 16.4 Å². The van der Waals surface area contributed by atoms with Crippen molar-refractivity contribution in [2.24, 2.45) is 5.73 Å². The average Bonchev–Trinajstić information content (AvgIpc) is 3.02. The molecule has 8 nitrogen and oxygen atoms in total. The third kappa shape index (κ3) is 2.65. The highest BCUT2D eigenvalue weighted by atomic mass is 32.2. The highest BCUT2D eigenvalue weighted by Gasteiger charge is 2.14. The van der Waals surface area contributed by atoms with Crippen molar-refractivity contribution in [3.05, 3.63) is 24.4 Å². The Kier molecular flexibility index (Phi) is 3.22. The smallest absolute Gasteiger partial charge is 0.249 e. The first-order valence-corrected chi connectivity index (χ1v) is 8.08. The van der Waals surface area contributed by atoms with Crippen LogP contribution in [0.4, 0.5) is 0 Å². The number of sulfone groups is 1. The Balaban J connectivity index is 2.04. The fourth-order valence-electron chi connectivity index (χ4n) is 1.89. The molecule has 0 unspecified atom stereocenters. The number of oxazole rings is 1. The van der Waals surface area contributed by atoms with E-state index in [-0.39, 0.29) is 4.90 Å². The Morgan fingerprint density at radius 2 is 2.19 bits per heavy atom. The molecule has 0 aliphatic heterocycles. The van der Waals surface area contributed by atoms with Crippen molar-refractivity contribution in [1.82, 2.24) is 20.0 Å². The minimum Gasteiger partial charge on any atom is -0.435 e. The van der Waals surface area contributed by atoms with Crippen LogP contribution in [0.2, 0.25) is 0 Å². The predicted octanol–water partition coefficient (Wildman–Crippen LogP) is 0.448. The lowest BCUT2D eigenvalue weighted by atomic mass is 10.3. The maximum Gasteiger partial charge on any atom is 0.249 e. The predicted molar refractivity (Wildman–Crippen MR) is 75.2 cm³/mol. The van der Waals surface area contributed by atoms with E-state index in [1.807, 2.05) is 0 Å². The summed E-state index contributed by atoms with van der Waals surface area (Å²) in [5.41, 5.74) is 6.87. The number of benzene rings is 1. The molecule has 0 amide bonds. The topological polar surface area (TPSA) is 117 Å². The largest absolute Gasteiger partial charge is 0.435 e. The van der Waals surface area contributed by atoms with Crippen LogP contribution < -0.4 is 5.73 Å². The van der Waals surface area contributed by atoms with Gasteiger partial charge >= 0.3 is 0 Å². The number of nitrogens with two attached hydrogens (primary N) is 1. The van der Waals surface area contributed by atoms with Gasteiger partial charge in [-0.2, -0.15) is 0 Å². The first-order valence-electron chi connectivity index (χ1n) is 6.18. The molecule has 0 aliphatic rings. The van der Waals surface area contributed by atoms with Gasteiger partial charge in [0, 0.05) is 12.8 Å². The minimum absolute atomic E-state index is 0.196.